The Balaban J connectivity index is 2.14. The fraction of sp³-hybridized carbons (Fsp3) is 0.667. The van der Waals surface area contributed by atoms with Gasteiger partial charge in [-0.05, 0) is 24.5 Å². The summed E-state index contributed by atoms with van der Waals surface area (Å²) in [6.45, 7) is 9.09. The molecular formula is C12H19NS2. The molecule has 1 N–H and O–H groups in total. The quantitative estimate of drug-likeness (QED) is 0.803. The lowest BCUT2D eigenvalue weighted by Crippen LogP contribution is -2.21. The van der Waals surface area contributed by atoms with Gasteiger partial charge in [-0.25, -0.2) is 0 Å². The van der Waals surface area contributed by atoms with Crippen molar-refractivity contribution in [2.24, 2.45) is 0 Å². The summed E-state index contributed by atoms with van der Waals surface area (Å²) in [5.74, 6) is 1.23. The maximum atomic E-state index is 3.61. The molecule has 0 bridgehead atoms. The zero-order chi connectivity index (χ0) is 11.1. The van der Waals surface area contributed by atoms with E-state index in [4.69, 9.17) is 0 Å². The van der Waals surface area contributed by atoms with Gasteiger partial charge in [0, 0.05) is 21.5 Å². The molecular weight excluding hydrogens is 222 g/mol. The maximum absolute atomic E-state index is 3.61. The average Bonchev–Trinajstić information content (AvgIpc) is 2.69. The SMILES string of the molecule is CC1CSC(c2ccc(C(C)(C)C)s2)N1. The van der Waals surface area contributed by atoms with Crippen LogP contribution in [0.1, 0.15) is 42.8 Å². The molecule has 1 aliphatic heterocycles. The van der Waals surface area contributed by atoms with Crippen LogP contribution < -0.4 is 5.32 Å². The molecule has 1 aromatic heterocycles. The summed E-state index contributed by atoms with van der Waals surface area (Å²) in [6.07, 6.45) is 0. The Hall–Kier alpha value is 0.01000. The van der Waals surface area contributed by atoms with Gasteiger partial charge in [0.2, 0.25) is 0 Å². The van der Waals surface area contributed by atoms with Crippen molar-refractivity contribution >= 4 is 23.1 Å². The van der Waals surface area contributed by atoms with Crippen molar-refractivity contribution in [3.05, 3.63) is 21.9 Å². The summed E-state index contributed by atoms with van der Waals surface area (Å²) < 4.78 is 0. The molecule has 0 aromatic carbocycles. The lowest BCUT2D eigenvalue weighted by molar-refractivity contribution is 0.604. The predicted octanol–water partition coefficient (Wildman–Crippen LogP) is 3.77. The van der Waals surface area contributed by atoms with E-state index in [0.29, 0.717) is 11.4 Å². The van der Waals surface area contributed by atoms with Crippen LogP contribution in [0, 0.1) is 0 Å². The van der Waals surface area contributed by atoms with E-state index in [2.05, 4.69) is 45.1 Å². The van der Waals surface area contributed by atoms with Crippen molar-refractivity contribution in [3.8, 4) is 0 Å². The second-order valence-electron chi connectivity index (χ2n) is 5.23. The van der Waals surface area contributed by atoms with Crippen LogP contribution in [-0.4, -0.2) is 11.8 Å². The third-order valence-electron chi connectivity index (χ3n) is 2.57. The molecule has 1 saturated heterocycles. The number of rotatable bonds is 1. The third kappa shape index (κ3) is 2.58. The molecule has 0 amide bonds. The van der Waals surface area contributed by atoms with Crippen molar-refractivity contribution < 1.29 is 0 Å². The molecule has 84 valence electrons. The molecule has 1 nitrogen and oxygen atoms in total. The highest BCUT2D eigenvalue weighted by molar-refractivity contribution is 7.99. The highest BCUT2D eigenvalue weighted by Crippen LogP contribution is 2.39. The van der Waals surface area contributed by atoms with E-state index < -0.39 is 0 Å². The molecule has 2 atom stereocenters. The summed E-state index contributed by atoms with van der Waals surface area (Å²) in [6, 6.07) is 5.22. The van der Waals surface area contributed by atoms with Gasteiger partial charge in [-0.15, -0.1) is 23.1 Å². The average molecular weight is 241 g/mol. The Morgan fingerprint density at radius 2 is 2.07 bits per heavy atom. The zero-order valence-corrected chi connectivity index (χ0v) is 11.5. The van der Waals surface area contributed by atoms with E-state index in [1.165, 1.54) is 15.5 Å². The molecule has 15 heavy (non-hydrogen) atoms. The van der Waals surface area contributed by atoms with Crippen molar-refractivity contribution in [3.63, 3.8) is 0 Å². The van der Waals surface area contributed by atoms with E-state index in [9.17, 15) is 0 Å². The molecule has 0 aliphatic carbocycles. The Morgan fingerprint density at radius 1 is 1.33 bits per heavy atom. The summed E-state index contributed by atoms with van der Waals surface area (Å²) >= 11 is 3.98. The van der Waals surface area contributed by atoms with Crippen LogP contribution in [0.2, 0.25) is 0 Å². The number of thioether (sulfide) groups is 1. The van der Waals surface area contributed by atoms with Crippen LogP contribution in [0.4, 0.5) is 0 Å². The Labute approximate surface area is 101 Å². The van der Waals surface area contributed by atoms with Gasteiger partial charge in [0.25, 0.3) is 0 Å². The van der Waals surface area contributed by atoms with E-state index in [-0.39, 0.29) is 5.41 Å². The first-order chi connectivity index (χ1) is 6.97. The molecule has 0 saturated carbocycles. The molecule has 3 heteroatoms. The number of thiophene rings is 1. The van der Waals surface area contributed by atoms with Gasteiger partial charge in [-0.1, -0.05) is 20.8 Å². The fourth-order valence-corrected chi connectivity index (χ4v) is 4.16. The zero-order valence-electron chi connectivity index (χ0n) is 9.83. The normalized spacial score (nSPS) is 27.2. The minimum absolute atomic E-state index is 0.289. The van der Waals surface area contributed by atoms with Crippen LogP contribution in [0.5, 0.6) is 0 Å². The fourth-order valence-electron chi connectivity index (χ4n) is 1.66. The summed E-state index contributed by atoms with van der Waals surface area (Å²) in [7, 11) is 0. The number of nitrogens with one attached hydrogen (secondary N) is 1. The number of hydrogen-bond donors (Lipinski definition) is 1. The van der Waals surface area contributed by atoms with Crippen LogP contribution >= 0.6 is 23.1 Å². The van der Waals surface area contributed by atoms with Gasteiger partial charge in [-0.3, -0.25) is 5.32 Å². The van der Waals surface area contributed by atoms with Gasteiger partial charge in [0.15, 0.2) is 0 Å². The van der Waals surface area contributed by atoms with Gasteiger partial charge in [0.1, 0.15) is 0 Å². The minimum atomic E-state index is 0.289. The Kier molecular flexibility index (Phi) is 3.15. The predicted molar refractivity (Wildman–Crippen MR) is 70.8 cm³/mol. The second kappa shape index (κ2) is 4.11. The van der Waals surface area contributed by atoms with Crippen molar-refractivity contribution in [2.75, 3.05) is 5.75 Å². The van der Waals surface area contributed by atoms with E-state index in [1.807, 2.05) is 23.1 Å². The molecule has 1 aliphatic rings. The van der Waals surface area contributed by atoms with Crippen molar-refractivity contribution in [2.45, 2.75) is 44.5 Å². The van der Waals surface area contributed by atoms with Gasteiger partial charge < -0.3 is 0 Å². The number of hydrogen-bond acceptors (Lipinski definition) is 3. The first kappa shape index (κ1) is 11.5. The molecule has 1 aromatic rings. The van der Waals surface area contributed by atoms with Gasteiger partial charge in [-0.2, -0.15) is 0 Å². The van der Waals surface area contributed by atoms with Crippen LogP contribution in [-0.2, 0) is 5.41 Å². The van der Waals surface area contributed by atoms with E-state index in [0.717, 1.165) is 0 Å². The molecule has 2 rings (SSSR count). The minimum Gasteiger partial charge on any atom is -0.298 e. The van der Waals surface area contributed by atoms with Crippen LogP contribution in [0.25, 0.3) is 0 Å². The molecule has 0 radical (unpaired) electrons. The first-order valence-corrected chi connectivity index (χ1v) is 7.31. The Bertz CT molecular complexity index is 338. The van der Waals surface area contributed by atoms with Crippen molar-refractivity contribution in [1.82, 2.24) is 5.32 Å². The lowest BCUT2D eigenvalue weighted by atomic mass is 9.95. The highest BCUT2D eigenvalue weighted by Gasteiger charge is 2.25. The summed E-state index contributed by atoms with van der Waals surface area (Å²) in [5.41, 5.74) is 0.289. The van der Waals surface area contributed by atoms with E-state index >= 15 is 0 Å². The van der Waals surface area contributed by atoms with Crippen LogP contribution in [0.3, 0.4) is 0 Å². The monoisotopic (exact) mass is 241 g/mol. The maximum Gasteiger partial charge on any atom is 0.0885 e. The molecule has 2 heterocycles. The van der Waals surface area contributed by atoms with Crippen LogP contribution in [0.15, 0.2) is 12.1 Å². The molecule has 2 unspecified atom stereocenters. The molecule has 0 spiro atoms. The summed E-state index contributed by atoms with van der Waals surface area (Å²) in [5, 5.41) is 4.14. The summed E-state index contributed by atoms with van der Waals surface area (Å²) in [4.78, 5) is 2.97. The third-order valence-corrected chi connectivity index (χ3v) is 5.71. The highest BCUT2D eigenvalue weighted by atomic mass is 32.2. The standard InChI is InChI=1S/C12H19NS2/c1-8-7-14-11(13-8)9-5-6-10(15-9)12(2,3)4/h5-6,8,11,13H,7H2,1-4H3. The lowest BCUT2D eigenvalue weighted by Gasteiger charge is -2.15. The molecule has 1 fully saturated rings. The second-order valence-corrected chi connectivity index (χ2v) is 7.49. The topological polar surface area (TPSA) is 12.0 Å². The van der Waals surface area contributed by atoms with Gasteiger partial charge >= 0.3 is 0 Å². The van der Waals surface area contributed by atoms with E-state index in [1.54, 1.807) is 0 Å². The Morgan fingerprint density at radius 3 is 2.53 bits per heavy atom. The van der Waals surface area contributed by atoms with Gasteiger partial charge in [0.05, 0.1) is 5.37 Å². The first-order valence-electron chi connectivity index (χ1n) is 5.44. The smallest absolute Gasteiger partial charge is 0.0885 e. The van der Waals surface area contributed by atoms with Crippen molar-refractivity contribution in [1.29, 1.82) is 0 Å². The largest absolute Gasteiger partial charge is 0.298 e.